The number of aliphatic hydroxyl groups excluding tert-OH is 1. The summed E-state index contributed by atoms with van der Waals surface area (Å²) in [6.45, 7) is 2.98. The Morgan fingerprint density at radius 2 is 2.20 bits per heavy atom. The Labute approximate surface area is 64.2 Å². The van der Waals surface area contributed by atoms with Gasteiger partial charge in [0.2, 0.25) is 5.22 Å². The van der Waals surface area contributed by atoms with E-state index in [1.54, 1.807) is 6.92 Å². The SMILES string of the molecule is CCC(=O)O/C(Cl)=C(/C)O. The quantitative estimate of drug-likeness (QED) is 0.501. The van der Waals surface area contributed by atoms with E-state index < -0.39 is 5.97 Å². The smallest absolute Gasteiger partial charge is 0.311 e. The van der Waals surface area contributed by atoms with E-state index in [-0.39, 0.29) is 17.4 Å². The summed E-state index contributed by atoms with van der Waals surface area (Å²) < 4.78 is 4.42. The molecule has 0 rings (SSSR count). The number of rotatable bonds is 2. The maximum Gasteiger partial charge on any atom is 0.311 e. The van der Waals surface area contributed by atoms with Crippen molar-refractivity contribution in [3.63, 3.8) is 0 Å². The molecule has 0 atom stereocenters. The number of carbonyl (C=O) groups excluding carboxylic acids is 1. The molecule has 3 nitrogen and oxygen atoms in total. The molecule has 0 saturated carbocycles. The molecule has 58 valence electrons. The predicted molar refractivity (Wildman–Crippen MR) is 37.6 cm³/mol. The van der Waals surface area contributed by atoms with Gasteiger partial charge < -0.3 is 9.84 Å². The third-order valence-corrected chi connectivity index (χ3v) is 1.13. The number of hydrogen-bond acceptors (Lipinski definition) is 3. The van der Waals surface area contributed by atoms with Crippen LogP contribution in [0.25, 0.3) is 0 Å². The van der Waals surface area contributed by atoms with Crippen LogP contribution in [0.3, 0.4) is 0 Å². The van der Waals surface area contributed by atoms with Gasteiger partial charge in [0.1, 0.15) is 5.76 Å². The van der Waals surface area contributed by atoms with E-state index in [9.17, 15) is 4.79 Å². The highest BCUT2D eigenvalue weighted by molar-refractivity contribution is 6.29. The predicted octanol–water partition coefficient (Wildman–Crippen LogP) is 1.93. The summed E-state index contributed by atoms with van der Waals surface area (Å²) >= 11 is 5.28. The Morgan fingerprint density at radius 3 is 2.50 bits per heavy atom. The van der Waals surface area contributed by atoms with Gasteiger partial charge in [-0.3, -0.25) is 4.79 Å². The zero-order valence-corrected chi connectivity index (χ0v) is 6.60. The lowest BCUT2D eigenvalue weighted by atomic mass is 10.5. The van der Waals surface area contributed by atoms with E-state index in [1.165, 1.54) is 6.92 Å². The van der Waals surface area contributed by atoms with Crippen LogP contribution in [0.1, 0.15) is 20.3 Å². The van der Waals surface area contributed by atoms with Crippen molar-refractivity contribution in [2.75, 3.05) is 0 Å². The van der Waals surface area contributed by atoms with E-state index >= 15 is 0 Å². The molecule has 0 aromatic rings. The largest absolute Gasteiger partial charge is 0.508 e. The van der Waals surface area contributed by atoms with Gasteiger partial charge in [0.05, 0.1) is 0 Å². The topological polar surface area (TPSA) is 46.5 Å². The fourth-order valence-electron chi connectivity index (χ4n) is 0.246. The van der Waals surface area contributed by atoms with Crippen molar-refractivity contribution in [1.29, 1.82) is 0 Å². The molecular formula is C6H9ClO3. The first-order chi connectivity index (χ1) is 4.57. The fraction of sp³-hybridized carbons (Fsp3) is 0.500. The Kier molecular flexibility index (Phi) is 3.88. The summed E-state index contributed by atoms with van der Waals surface area (Å²) in [4.78, 5) is 10.5. The zero-order valence-electron chi connectivity index (χ0n) is 5.85. The molecule has 0 amide bonds. The first kappa shape index (κ1) is 9.30. The van der Waals surface area contributed by atoms with Crippen molar-refractivity contribution >= 4 is 17.6 Å². The lowest BCUT2D eigenvalue weighted by molar-refractivity contribution is -0.138. The average molecular weight is 165 g/mol. The normalized spacial score (nSPS) is 12.3. The maximum atomic E-state index is 10.5. The molecule has 0 aliphatic rings. The molecule has 0 aromatic heterocycles. The molecule has 0 fully saturated rings. The number of allylic oxidation sites excluding steroid dienone is 1. The Bertz CT molecular complexity index is 158. The van der Waals surface area contributed by atoms with Gasteiger partial charge >= 0.3 is 5.97 Å². The standard InChI is InChI=1S/C6H9ClO3/c1-3-5(9)10-6(7)4(2)8/h8H,3H2,1-2H3/b6-4-. The summed E-state index contributed by atoms with van der Waals surface area (Å²) in [5, 5.41) is 8.38. The Balaban J connectivity index is 3.92. The number of esters is 1. The molecule has 0 bridgehead atoms. The molecule has 0 aliphatic heterocycles. The lowest BCUT2D eigenvalue weighted by Gasteiger charge is -1.99. The molecule has 0 heterocycles. The average Bonchev–Trinajstić information content (AvgIpc) is 1.87. The van der Waals surface area contributed by atoms with Gasteiger partial charge in [-0.05, 0) is 18.5 Å². The van der Waals surface area contributed by atoms with Crippen LogP contribution in [0, 0.1) is 0 Å². The highest BCUT2D eigenvalue weighted by atomic mass is 35.5. The molecule has 0 unspecified atom stereocenters. The van der Waals surface area contributed by atoms with Crippen molar-refractivity contribution < 1.29 is 14.6 Å². The second kappa shape index (κ2) is 4.17. The van der Waals surface area contributed by atoms with E-state index in [2.05, 4.69) is 4.74 Å². The Morgan fingerprint density at radius 1 is 1.70 bits per heavy atom. The van der Waals surface area contributed by atoms with Gasteiger partial charge in [-0.25, -0.2) is 0 Å². The number of hydrogen-bond donors (Lipinski definition) is 1. The van der Waals surface area contributed by atoms with Gasteiger partial charge in [0.25, 0.3) is 0 Å². The minimum absolute atomic E-state index is 0.191. The molecule has 0 aliphatic carbocycles. The highest BCUT2D eigenvalue weighted by Crippen LogP contribution is 2.08. The first-order valence-electron chi connectivity index (χ1n) is 2.84. The first-order valence-corrected chi connectivity index (χ1v) is 3.21. The summed E-state index contributed by atoms with van der Waals surface area (Å²) in [6, 6.07) is 0. The Hall–Kier alpha value is -0.700. The van der Waals surface area contributed by atoms with Gasteiger partial charge in [0, 0.05) is 6.42 Å². The van der Waals surface area contributed by atoms with Gasteiger partial charge in [-0.1, -0.05) is 6.92 Å². The molecular weight excluding hydrogens is 156 g/mol. The molecule has 0 saturated heterocycles. The summed E-state index contributed by atoms with van der Waals surface area (Å²) in [5.74, 6) is -0.651. The second-order valence-corrected chi connectivity index (χ2v) is 2.03. The van der Waals surface area contributed by atoms with Crippen LogP contribution in [-0.2, 0) is 9.53 Å². The molecule has 10 heavy (non-hydrogen) atoms. The van der Waals surface area contributed by atoms with Gasteiger partial charge in [-0.15, -0.1) is 0 Å². The number of carbonyl (C=O) groups is 1. The molecule has 0 aromatic carbocycles. The molecule has 4 heteroatoms. The molecule has 1 N–H and O–H groups in total. The van der Waals surface area contributed by atoms with E-state index in [0.717, 1.165) is 0 Å². The van der Waals surface area contributed by atoms with Crippen LogP contribution in [0.4, 0.5) is 0 Å². The monoisotopic (exact) mass is 164 g/mol. The van der Waals surface area contributed by atoms with Gasteiger partial charge in [0.15, 0.2) is 0 Å². The van der Waals surface area contributed by atoms with Crippen molar-refractivity contribution in [1.82, 2.24) is 0 Å². The van der Waals surface area contributed by atoms with Crippen molar-refractivity contribution in [2.24, 2.45) is 0 Å². The molecule has 0 spiro atoms. The van der Waals surface area contributed by atoms with Crippen LogP contribution in [-0.4, -0.2) is 11.1 Å². The van der Waals surface area contributed by atoms with Crippen LogP contribution < -0.4 is 0 Å². The summed E-state index contributed by atoms with van der Waals surface area (Å²) in [6.07, 6.45) is 0.240. The van der Waals surface area contributed by atoms with Crippen LogP contribution >= 0.6 is 11.6 Å². The number of aliphatic hydroxyl groups is 1. The van der Waals surface area contributed by atoms with Crippen molar-refractivity contribution in [3.05, 3.63) is 11.0 Å². The molecule has 0 radical (unpaired) electrons. The lowest BCUT2D eigenvalue weighted by Crippen LogP contribution is -2.00. The summed E-state index contributed by atoms with van der Waals surface area (Å²) in [7, 11) is 0. The van der Waals surface area contributed by atoms with Crippen molar-refractivity contribution in [2.45, 2.75) is 20.3 Å². The number of halogens is 1. The second-order valence-electron chi connectivity index (χ2n) is 1.69. The third kappa shape index (κ3) is 3.35. The fourth-order valence-corrected chi connectivity index (χ4v) is 0.332. The van der Waals surface area contributed by atoms with E-state index in [0.29, 0.717) is 0 Å². The third-order valence-electron chi connectivity index (χ3n) is 0.777. The minimum atomic E-state index is -0.460. The maximum absolute atomic E-state index is 10.5. The van der Waals surface area contributed by atoms with Gasteiger partial charge in [-0.2, -0.15) is 0 Å². The van der Waals surface area contributed by atoms with E-state index in [1.807, 2.05) is 0 Å². The summed E-state index contributed by atoms with van der Waals surface area (Å²) in [5.41, 5.74) is 0. The number of ether oxygens (including phenoxy) is 1. The van der Waals surface area contributed by atoms with Crippen LogP contribution in [0.15, 0.2) is 11.0 Å². The zero-order chi connectivity index (χ0) is 8.15. The van der Waals surface area contributed by atoms with Crippen molar-refractivity contribution in [3.8, 4) is 0 Å². The van der Waals surface area contributed by atoms with Crippen LogP contribution in [0.2, 0.25) is 0 Å². The van der Waals surface area contributed by atoms with Crippen LogP contribution in [0.5, 0.6) is 0 Å². The minimum Gasteiger partial charge on any atom is -0.508 e. The van der Waals surface area contributed by atoms with E-state index in [4.69, 9.17) is 16.7 Å². The highest BCUT2D eigenvalue weighted by Gasteiger charge is 2.03.